The number of rotatable bonds is 1. The van der Waals surface area contributed by atoms with Crippen LogP contribution in [0.5, 0.6) is 0 Å². The van der Waals surface area contributed by atoms with E-state index in [1.807, 2.05) is 0 Å². The molecule has 0 aliphatic carbocycles. The molecule has 2 saturated heterocycles. The van der Waals surface area contributed by atoms with Crippen molar-refractivity contribution in [2.45, 2.75) is 24.9 Å². The Labute approximate surface area is 67.4 Å². The van der Waals surface area contributed by atoms with Gasteiger partial charge in [-0.25, -0.2) is 0 Å². The summed E-state index contributed by atoms with van der Waals surface area (Å²) in [5.74, 6) is 0. The molecule has 2 atom stereocenters. The molecule has 0 bridgehead atoms. The van der Waals surface area contributed by atoms with Crippen LogP contribution in [0, 0.1) is 0 Å². The third kappa shape index (κ3) is 1.28. The fourth-order valence-corrected chi connectivity index (χ4v) is 2.27. The standard InChI is InChI=1S/C8H16N2O/c11-6-8-2-1-7-5-9-3-4-10(7)8/h7-9,11H,1-6H2/t7-,8-/m1/s1. The molecule has 2 N–H and O–H groups in total. The van der Waals surface area contributed by atoms with E-state index in [1.54, 1.807) is 0 Å². The van der Waals surface area contributed by atoms with Crippen molar-refractivity contribution in [1.82, 2.24) is 10.2 Å². The van der Waals surface area contributed by atoms with Gasteiger partial charge in [0, 0.05) is 31.7 Å². The van der Waals surface area contributed by atoms with Gasteiger partial charge in [0.25, 0.3) is 0 Å². The first-order valence-corrected chi connectivity index (χ1v) is 4.49. The van der Waals surface area contributed by atoms with E-state index in [1.165, 1.54) is 12.8 Å². The average Bonchev–Trinajstić information content (AvgIpc) is 2.47. The molecule has 2 heterocycles. The highest BCUT2D eigenvalue weighted by atomic mass is 16.3. The number of aliphatic hydroxyl groups is 1. The Kier molecular flexibility index (Phi) is 2.11. The van der Waals surface area contributed by atoms with Crippen LogP contribution >= 0.6 is 0 Å². The van der Waals surface area contributed by atoms with Crippen LogP contribution in [0.3, 0.4) is 0 Å². The molecule has 3 nitrogen and oxygen atoms in total. The van der Waals surface area contributed by atoms with Crippen molar-refractivity contribution in [2.24, 2.45) is 0 Å². The van der Waals surface area contributed by atoms with Crippen molar-refractivity contribution in [3.63, 3.8) is 0 Å². The molecule has 0 amide bonds. The smallest absolute Gasteiger partial charge is 0.0587 e. The minimum absolute atomic E-state index is 0.344. The highest BCUT2D eigenvalue weighted by molar-refractivity contribution is 4.91. The van der Waals surface area contributed by atoms with Crippen LogP contribution in [-0.2, 0) is 0 Å². The van der Waals surface area contributed by atoms with Crippen LogP contribution < -0.4 is 5.32 Å². The zero-order chi connectivity index (χ0) is 7.68. The molecule has 11 heavy (non-hydrogen) atoms. The summed E-state index contributed by atoms with van der Waals surface area (Å²) in [4.78, 5) is 2.45. The number of hydrogen-bond donors (Lipinski definition) is 2. The van der Waals surface area contributed by atoms with Crippen molar-refractivity contribution in [3.05, 3.63) is 0 Å². The molecule has 2 rings (SSSR count). The monoisotopic (exact) mass is 156 g/mol. The van der Waals surface area contributed by atoms with Gasteiger partial charge in [-0.15, -0.1) is 0 Å². The summed E-state index contributed by atoms with van der Waals surface area (Å²) in [5, 5.41) is 12.4. The third-order valence-electron chi connectivity index (χ3n) is 2.91. The summed E-state index contributed by atoms with van der Waals surface area (Å²) in [6.07, 6.45) is 2.45. The first-order valence-electron chi connectivity index (χ1n) is 4.49. The summed E-state index contributed by atoms with van der Waals surface area (Å²) < 4.78 is 0. The van der Waals surface area contributed by atoms with Crippen LogP contribution in [0.1, 0.15) is 12.8 Å². The molecule has 64 valence electrons. The number of aliphatic hydroxyl groups excluding tert-OH is 1. The lowest BCUT2D eigenvalue weighted by molar-refractivity contribution is 0.112. The first kappa shape index (κ1) is 7.53. The van der Waals surface area contributed by atoms with Gasteiger partial charge in [0.15, 0.2) is 0 Å². The molecule has 0 spiro atoms. The van der Waals surface area contributed by atoms with Crippen LogP contribution in [-0.4, -0.2) is 48.3 Å². The zero-order valence-corrected chi connectivity index (χ0v) is 6.79. The summed E-state index contributed by atoms with van der Waals surface area (Å²) in [6, 6.07) is 1.17. The van der Waals surface area contributed by atoms with Crippen molar-refractivity contribution in [3.8, 4) is 0 Å². The van der Waals surface area contributed by atoms with Crippen LogP contribution in [0.4, 0.5) is 0 Å². The molecule has 0 unspecified atom stereocenters. The number of piperazine rings is 1. The first-order chi connectivity index (χ1) is 5.42. The second-order valence-electron chi connectivity index (χ2n) is 3.51. The maximum Gasteiger partial charge on any atom is 0.0587 e. The lowest BCUT2D eigenvalue weighted by Crippen LogP contribution is -2.51. The number of hydrogen-bond acceptors (Lipinski definition) is 3. The van der Waals surface area contributed by atoms with Crippen molar-refractivity contribution >= 4 is 0 Å². The summed E-state index contributed by atoms with van der Waals surface area (Å²) >= 11 is 0. The Bertz CT molecular complexity index is 134. The number of nitrogens with zero attached hydrogens (tertiary/aromatic N) is 1. The maximum atomic E-state index is 9.04. The summed E-state index contributed by atoms with van der Waals surface area (Å²) in [6.45, 7) is 3.68. The summed E-state index contributed by atoms with van der Waals surface area (Å²) in [7, 11) is 0. The van der Waals surface area contributed by atoms with Crippen molar-refractivity contribution < 1.29 is 5.11 Å². The SMILES string of the molecule is OC[C@H]1CC[C@@H]2CNCCN21. The molecule has 2 fully saturated rings. The van der Waals surface area contributed by atoms with E-state index in [0.717, 1.165) is 19.6 Å². The molecular formula is C8H16N2O. The Hall–Kier alpha value is -0.120. The van der Waals surface area contributed by atoms with Gasteiger partial charge >= 0.3 is 0 Å². The van der Waals surface area contributed by atoms with Gasteiger partial charge in [0.2, 0.25) is 0 Å². The Morgan fingerprint density at radius 3 is 3.18 bits per heavy atom. The summed E-state index contributed by atoms with van der Waals surface area (Å²) in [5.41, 5.74) is 0. The molecule has 0 aromatic carbocycles. The van der Waals surface area contributed by atoms with Crippen molar-refractivity contribution in [1.29, 1.82) is 0 Å². The number of fused-ring (bicyclic) bond motifs is 1. The van der Waals surface area contributed by atoms with E-state index in [-0.39, 0.29) is 0 Å². The van der Waals surface area contributed by atoms with Gasteiger partial charge < -0.3 is 10.4 Å². The van der Waals surface area contributed by atoms with Gasteiger partial charge in [0.05, 0.1) is 6.61 Å². The van der Waals surface area contributed by atoms with Gasteiger partial charge in [-0.1, -0.05) is 0 Å². The molecule has 2 aliphatic rings. The third-order valence-corrected chi connectivity index (χ3v) is 2.91. The highest BCUT2D eigenvalue weighted by Gasteiger charge is 2.33. The second kappa shape index (κ2) is 3.09. The van der Waals surface area contributed by atoms with Gasteiger partial charge in [-0.2, -0.15) is 0 Å². The molecule has 0 radical (unpaired) electrons. The van der Waals surface area contributed by atoms with Crippen LogP contribution in [0.2, 0.25) is 0 Å². The lowest BCUT2D eigenvalue weighted by atomic mass is 10.2. The Morgan fingerprint density at radius 2 is 2.36 bits per heavy atom. The van der Waals surface area contributed by atoms with E-state index in [4.69, 9.17) is 5.11 Å². The maximum absolute atomic E-state index is 9.04. The average molecular weight is 156 g/mol. The van der Waals surface area contributed by atoms with E-state index < -0.39 is 0 Å². The van der Waals surface area contributed by atoms with Gasteiger partial charge in [-0.05, 0) is 12.8 Å². The predicted molar refractivity (Wildman–Crippen MR) is 43.5 cm³/mol. The minimum Gasteiger partial charge on any atom is -0.395 e. The quantitative estimate of drug-likeness (QED) is 0.533. The van der Waals surface area contributed by atoms with Gasteiger partial charge in [0.1, 0.15) is 0 Å². The molecule has 0 aromatic heterocycles. The molecule has 0 aromatic rings. The molecule has 0 saturated carbocycles. The molecule has 3 heteroatoms. The van der Waals surface area contributed by atoms with Crippen LogP contribution in [0.15, 0.2) is 0 Å². The predicted octanol–water partition coefficient (Wildman–Crippen LogP) is -0.585. The normalized spacial score (nSPS) is 39.0. The highest BCUT2D eigenvalue weighted by Crippen LogP contribution is 2.24. The van der Waals surface area contributed by atoms with E-state index in [0.29, 0.717) is 18.7 Å². The second-order valence-corrected chi connectivity index (χ2v) is 3.51. The van der Waals surface area contributed by atoms with Gasteiger partial charge in [-0.3, -0.25) is 4.90 Å². The topological polar surface area (TPSA) is 35.5 Å². The van der Waals surface area contributed by atoms with Crippen LogP contribution in [0.25, 0.3) is 0 Å². The molecule has 2 aliphatic heterocycles. The van der Waals surface area contributed by atoms with E-state index in [2.05, 4.69) is 10.2 Å². The van der Waals surface area contributed by atoms with Crippen molar-refractivity contribution in [2.75, 3.05) is 26.2 Å². The molecular weight excluding hydrogens is 140 g/mol. The zero-order valence-electron chi connectivity index (χ0n) is 6.79. The fraction of sp³-hybridized carbons (Fsp3) is 1.00. The minimum atomic E-state index is 0.344. The Morgan fingerprint density at radius 1 is 1.45 bits per heavy atom. The lowest BCUT2D eigenvalue weighted by Gasteiger charge is -2.33. The number of nitrogens with one attached hydrogen (secondary N) is 1. The Balaban J connectivity index is 1.98. The fourth-order valence-electron chi connectivity index (χ4n) is 2.27. The largest absolute Gasteiger partial charge is 0.395 e. The van der Waals surface area contributed by atoms with E-state index in [9.17, 15) is 0 Å². The van der Waals surface area contributed by atoms with E-state index >= 15 is 0 Å².